The van der Waals surface area contributed by atoms with Gasteiger partial charge in [-0.25, -0.2) is 13.4 Å². The fourth-order valence-corrected chi connectivity index (χ4v) is 3.16. The number of nitrogens with one attached hydrogen (secondary N) is 2. The van der Waals surface area contributed by atoms with Crippen LogP contribution in [0.15, 0.2) is 47.5 Å². The summed E-state index contributed by atoms with van der Waals surface area (Å²) in [4.78, 5) is 4.57. The molecule has 0 amide bonds. The molecule has 0 bridgehead atoms. The first-order valence-electron chi connectivity index (χ1n) is 7.60. The third-order valence-electron chi connectivity index (χ3n) is 3.67. The van der Waals surface area contributed by atoms with Gasteiger partial charge in [0.15, 0.2) is 14.9 Å². The fraction of sp³-hybridized carbons (Fsp3) is 0.294. The first-order chi connectivity index (χ1) is 11.3. The Labute approximate surface area is 148 Å². The normalized spacial score (nSPS) is 12.5. The smallest absolute Gasteiger partial charge is 0.175 e. The zero-order valence-electron chi connectivity index (χ0n) is 13.9. The van der Waals surface area contributed by atoms with E-state index in [1.165, 1.54) is 6.26 Å². The number of hydrogen-bond acceptors (Lipinski definition) is 4. The number of aromatic nitrogens is 1. The van der Waals surface area contributed by atoms with Gasteiger partial charge in [-0.2, -0.15) is 0 Å². The van der Waals surface area contributed by atoms with E-state index in [2.05, 4.69) is 15.6 Å². The number of hydrogen-bond donors (Lipinski definition) is 2. The molecule has 2 aromatic rings. The van der Waals surface area contributed by atoms with Crippen LogP contribution < -0.4 is 10.6 Å². The molecule has 0 aliphatic carbocycles. The van der Waals surface area contributed by atoms with Crippen molar-refractivity contribution in [3.63, 3.8) is 0 Å². The predicted molar refractivity (Wildman–Crippen MR) is 101 cm³/mol. The second kappa shape index (κ2) is 7.72. The number of sulfone groups is 1. The van der Waals surface area contributed by atoms with Crippen molar-refractivity contribution in [2.45, 2.75) is 31.2 Å². The third-order valence-corrected chi connectivity index (χ3v) is 5.01. The van der Waals surface area contributed by atoms with Crippen molar-refractivity contribution in [3.05, 3.63) is 53.7 Å². The highest BCUT2D eigenvalue weighted by molar-refractivity contribution is 7.90. The molecule has 0 aliphatic heterocycles. The minimum atomic E-state index is -3.19. The first kappa shape index (κ1) is 18.4. The second-order valence-corrected chi connectivity index (χ2v) is 7.99. The maximum Gasteiger partial charge on any atom is 0.175 e. The number of anilines is 1. The van der Waals surface area contributed by atoms with Crippen LogP contribution in [0.3, 0.4) is 0 Å². The number of nitrogens with zero attached hydrogens (tertiary/aromatic N) is 1. The van der Waals surface area contributed by atoms with Gasteiger partial charge in [-0.1, -0.05) is 25.1 Å². The summed E-state index contributed by atoms with van der Waals surface area (Å²) in [6.07, 6.45) is 3.71. The van der Waals surface area contributed by atoms with Gasteiger partial charge in [-0.05, 0) is 54.9 Å². The molecule has 1 aromatic heterocycles. The number of rotatable bonds is 5. The van der Waals surface area contributed by atoms with Crippen LogP contribution in [-0.4, -0.2) is 24.8 Å². The van der Waals surface area contributed by atoms with E-state index in [-0.39, 0.29) is 6.04 Å². The summed E-state index contributed by atoms with van der Waals surface area (Å²) < 4.78 is 23.1. The molecule has 7 heteroatoms. The van der Waals surface area contributed by atoms with E-state index < -0.39 is 9.84 Å². The summed E-state index contributed by atoms with van der Waals surface area (Å²) in [5.74, 6) is 0.720. The molecule has 1 unspecified atom stereocenters. The van der Waals surface area contributed by atoms with Gasteiger partial charge in [0.1, 0.15) is 5.82 Å². The molecule has 5 nitrogen and oxygen atoms in total. The Bertz CT molecular complexity index is 818. The van der Waals surface area contributed by atoms with Gasteiger partial charge in [-0.3, -0.25) is 0 Å². The van der Waals surface area contributed by atoms with Crippen LogP contribution in [0, 0.1) is 6.92 Å². The average Bonchev–Trinajstić information content (AvgIpc) is 2.54. The summed E-state index contributed by atoms with van der Waals surface area (Å²) in [5, 5.41) is 6.82. The molecule has 0 saturated heterocycles. The van der Waals surface area contributed by atoms with Crippen LogP contribution in [-0.2, 0) is 9.84 Å². The lowest BCUT2D eigenvalue weighted by Crippen LogP contribution is -2.32. The summed E-state index contributed by atoms with van der Waals surface area (Å²) in [6.45, 7) is 4.00. The molecular weight excluding hydrogens is 342 g/mol. The highest BCUT2D eigenvalue weighted by atomic mass is 32.2. The number of pyridine rings is 1. The SMILES string of the molecule is CCC(NC(=S)Nc1ncccc1C)c1ccc(S(C)(=O)=O)cc1. The van der Waals surface area contributed by atoms with E-state index >= 15 is 0 Å². The topological polar surface area (TPSA) is 71.1 Å². The van der Waals surface area contributed by atoms with Crippen LogP contribution in [0.25, 0.3) is 0 Å². The van der Waals surface area contributed by atoms with Crippen molar-refractivity contribution < 1.29 is 8.42 Å². The number of aryl methyl sites for hydroxylation is 1. The highest BCUT2D eigenvalue weighted by Crippen LogP contribution is 2.19. The lowest BCUT2D eigenvalue weighted by Gasteiger charge is -2.20. The quantitative estimate of drug-likeness (QED) is 0.795. The largest absolute Gasteiger partial charge is 0.356 e. The van der Waals surface area contributed by atoms with Crippen LogP contribution in [0.2, 0.25) is 0 Å². The monoisotopic (exact) mass is 363 g/mol. The molecular formula is C17H21N3O2S2. The molecule has 0 fully saturated rings. The molecule has 0 spiro atoms. The average molecular weight is 364 g/mol. The van der Waals surface area contributed by atoms with Gasteiger partial charge >= 0.3 is 0 Å². The molecule has 1 aromatic carbocycles. The third kappa shape index (κ3) is 4.75. The van der Waals surface area contributed by atoms with Gasteiger partial charge in [0.25, 0.3) is 0 Å². The van der Waals surface area contributed by atoms with Crippen LogP contribution in [0.1, 0.15) is 30.5 Å². The molecule has 0 radical (unpaired) electrons. The first-order valence-corrected chi connectivity index (χ1v) is 9.90. The minimum absolute atomic E-state index is 0.0115. The molecule has 2 N–H and O–H groups in total. The highest BCUT2D eigenvalue weighted by Gasteiger charge is 2.13. The number of benzene rings is 1. The summed E-state index contributed by atoms with van der Waals surface area (Å²) in [5.41, 5.74) is 1.99. The van der Waals surface area contributed by atoms with E-state index in [1.54, 1.807) is 18.3 Å². The van der Waals surface area contributed by atoms with Crippen molar-refractivity contribution >= 4 is 33.0 Å². The minimum Gasteiger partial charge on any atom is -0.356 e. The molecule has 0 aliphatic rings. The Morgan fingerprint density at radius 3 is 2.46 bits per heavy atom. The standard InChI is InChI=1S/C17H21N3O2S2/c1-4-15(13-7-9-14(10-8-13)24(3,21)22)19-17(23)20-16-12(2)6-5-11-18-16/h5-11,15H,4H2,1-3H3,(H2,18,19,20,23). The van der Waals surface area contributed by atoms with Crippen LogP contribution >= 0.6 is 12.2 Å². The summed E-state index contributed by atoms with van der Waals surface area (Å²) in [6, 6.07) is 10.7. The van der Waals surface area contributed by atoms with E-state index in [4.69, 9.17) is 12.2 Å². The van der Waals surface area contributed by atoms with E-state index in [0.717, 1.165) is 23.4 Å². The van der Waals surface area contributed by atoms with Gasteiger partial charge < -0.3 is 10.6 Å². The second-order valence-electron chi connectivity index (χ2n) is 5.57. The van der Waals surface area contributed by atoms with Crippen molar-refractivity contribution in [1.82, 2.24) is 10.3 Å². The maximum absolute atomic E-state index is 11.5. The molecule has 128 valence electrons. The van der Waals surface area contributed by atoms with Gasteiger partial charge in [-0.15, -0.1) is 0 Å². The van der Waals surface area contributed by atoms with E-state index in [1.807, 2.05) is 38.1 Å². The van der Waals surface area contributed by atoms with Crippen molar-refractivity contribution in [2.24, 2.45) is 0 Å². The molecule has 1 atom stereocenters. The van der Waals surface area contributed by atoms with Gasteiger partial charge in [0.2, 0.25) is 0 Å². The lowest BCUT2D eigenvalue weighted by molar-refractivity contribution is 0.601. The zero-order chi connectivity index (χ0) is 17.7. The molecule has 0 saturated carbocycles. The molecule has 24 heavy (non-hydrogen) atoms. The summed E-state index contributed by atoms with van der Waals surface area (Å²) in [7, 11) is -3.19. The molecule has 1 heterocycles. The van der Waals surface area contributed by atoms with E-state index in [0.29, 0.717) is 10.0 Å². The van der Waals surface area contributed by atoms with Crippen molar-refractivity contribution in [2.75, 3.05) is 11.6 Å². The van der Waals surface area contributed by atoms with Gasteiger partial charge in [0.05, 0.1) is 10.9 Å². The van der Waals surface area contributed by atoms with Crippen molar-refractivity contribution in [3.8, 4) is 0 Å². The Kier molecular flexibility index (Phi) is 5.90. The number of thiocarbonyl (C=S) groups is 1. The predicted octanol–water partition coefficient (Wildman–Crippen LogP) is 3.23. The summed E-state index contributed by atoms with van der Waals surface area (Å²) >= 11 is 5.37. The maximum atomic E-state index is 11.5. The van der Waals surface area contributed by atoms with Crippen LogP contribution in [0.4, 0.5) is 5.82 Å². The lowest BCUT2D eigenvalue weighted by atomic mass is 10.1. The Hall–Kier alpha value is -1.99. The Morgan fingerprint density at radius 1 is 1.25 bits per heavy atom. The van der Waals surface area contributed by atoms with Crippen molar-refractivity contribution in [1.29, 1.82) is 0 Å². The fourth-order valence-electron chi connectivity index (χ4n) is 2.29. The van der Waals surface area contributed by atoms with Gasteiger partial charge in [0, 0.05) is 12.5 Å². The van der Waals surface area contributed by atoms with E-state index in [9.17, 15) is 8.42 Å². The Balaban J connectivity index is 2.09. The Morgan fingerprint density at radius 2 is 1.92 bits per heavy atom. The van der Waals surface area contributed by atoms with Crippen LogP contribution in [0.5, 0.6) is 0 Å². The molecule has 2 rings (SSSR count). The zero-order valence-corrected chi connectivity index (χ0v) is 15.5.